The number of pyridine rings is 1. The first-order valence-corrected chi connectivity index (χ1v) is 4.87. The van der Waals surface area contributed by atoms with Gasteiger partial charge in [-0.25, -0.2) is 9.78 Å². The summed E-state index contributed by atoms with van der Waals surface area (Å²) in [7, 11) is 0. The van der Waals surface area contributed by atoms with Crippen molar-refractivity contribution in [1.82, 2.24) is 4.98 Å². The van der Waals surface area contributed by atoms with Gasteiger partial charge in [-0.05, 0) is 18.6 Å². The average Bonchev–Trinajstić information content (AvgIpc) is 2.30. The molecule has 1 aromatic heterocycles. The van der Waals surface area contributed by atoms with Crippen LogP contribution in [-0.2, 0) is 0 Å². The highest BCUT2D eigenvalue weighted by Crippen LogP contribution is 2.14. The van der Waals surface area contributed by atoms with Gasteiger partial charge in [-0.1, -0.05) is 18.2 Å². The van der Waals surface area contributed by atoms with Crippen LogP contribution < -0.4 is 4.90 Å². The molecule has 0 bridgehead atoms. The lowest BCUT2D eigenvalue weighted by molar-refractivity contribution is 0.0690. The van der Waals surface area contributed by atoms with Crippen LogP contribution in [0.15, 0.2) is 30.4 Å². The molecule has 0 unspecified atom stereocenters. The molecule has 1 aliphatic rings. The van der Waals surface area contributed by atoms with Gasteiger partial charge in [-0.2, -0.15) is 0 Å². The highest BCUT2D eigenvalue weighted by atomic mass is 16.4. The van der Waals surface area contributed by atoms with Gasteiger partial charge < -0.3 is 10.0 Å². The van der Waals surface area contributed by atoms with E-state index in [9.17, 15) is 4.79 Å². The van der Waals surface area contributed by atoms with Crippen LogP contribution in [0.3, 0.4) is 0 Å². The molecule has 0 atom stereocenters. The Kier molecular flexibility index (Phi) is 2.67. The van der Waals surface area contributed by atoms with Gasteiger partial charge in [0.15, 0.2) is 5.69 Å². The number of nitrogens with zero attached hydrogens (tertiary/aromatic N) is 2. The van der Waals surface area contributed by atoms with E-state index in [1.54, 1.807) is 6.07 Å². The smallest absolute Gasteiger partial charge is 0.354 e. The third-order valence-electron chi connectivity index (χ3n) is 2.34. The van der Waals surface area contributed by atoms with Crippen molar-refractivity contribution in [2.24, 2.45) is 0 Å². The highest BCUT2D eigenvalue weighted by Gasteiger charge is 2.11. The fourth-order valence-corrected chi connectivity index (χ4v) is 1.57. The maximum absolute atomic E-state index is 10.7. The number of carboxylic acids is 1. The maximum atomic E-state index is 10.7. The van der Waals surface area contributed by atoms with Crippen LogP contribution in [0.1, 0.15) is 16.9 Å². The molecule has 0 aromatic carbocycles. The van der Waals surface area contributed by atoms with Crippen molar-refractivity contribution in [3.63, 3.8) is 0 Å². The summed E-state index contributed by atoms with van der Waals surface area (Å²) in [4.78, 5) is 16.9. The van der Waals surface area contributed by atoms with E-state index in [2.05, 4.69) is 22.0 Å². The number of anilines is 1. The molecule has 1 aliphatic heterocycles. The summed E-state index contributed by atoms with van der Waals surface area (Å²) in [5.41, 5.74) is 0.0991. The standard InChI is InChI=1S/C11H12N2O2/c14-11(15)9-5-4-6-10(12-9)13-7-2-1-3-8-13/h1-2,4-6H,3,7-8H2,(H,14,15). The zero-order valence-electron chi connectivity index (χ0n) is 8.26. The van der Waals surface area contributed by atoms with Gasteiger partial charge >= 0.3 is 5.97 Å². The van der Waals surface area contributed by atoms with E-state index < -0.39 is 5.97 Å². The first-order valence-electron chi connectivity index (χ1n) is 4.87. The molecule has 0 saturated carbocycles. The summed E-state index contributed by atoms with van der Waals surface area (Å²) < 4.78 is 0. The quantitative estimate of drug-likeness (QED) is 0.742. The van der Waals surface area contributed by atoms with Crippen molar-refractivity contribution >= 4 is 11.8 Å². The van der Waals surface area contributed by atoms with Crippen LogP contribution in [0.2, 0.25) is 0 Å². The minimum Gasteiger partial charge on any atom is -0.477 e. The normalized spacial score (nSPS) is 15.3. The fourth-order valence-electron chi connectivity index (χ4n) is 1.57. The maximum Gasteiger partial charge on any atom is 0.354 e. The SMILES string of the molecule is O=C(O)c1cccc(N2CC=CCC2)n1. The molecule has 4 heteroatoms. The van der Waals surface area contributed by atoms with Gasteiger partial charge in [0, 0.05) is 13.1 Å². The Balaban J connectivity index is 2.24. The number of hydrogen-bond acceptors (Lipinski definition) is 3. The molecule has 4 nitrogen and oxygen atoms in total. The van der Waals surface area contributed by atoms with Crippen molar-refractivity contribution in [2.75, 3.05) is 18.0 Å². The molecule has 1 N–H and O–H groups in total. The summed E-state index contributed by atoms with van der Waals surface area (Å²) >= 11 is 0. The predicted octanol–water partition coefficient (Wildman–Crippen LogP) is 1.55. The molecule has 0 aliphatic carbocycles. The molecule has 2 heterocycles. The van der Waals surface area contributed by atoms with Gasteiger partial charge in [0.25, 0.3) is 0 Å². The second-order valence-corrected chi connectivity index (χ2v) is 3.39. The predicted molar refractivity (Wildman–Crippen MR) is 57.2 cm³/mol. The molecular weight excluding hydrogens is 192 g/mol. The number of aromatic carboxylic acids is 1. The van der Waals surface area contributed by atoms with E-state index >= 15 is 0 Å². The Morgan fingerprint density at radius 2 is 2.27 bits per heavy atom. The van der Waals surface area contributed by atoms with E-state index in [0.717, 1.165) is 25.3 Å². The summed E-state index contributed by atoms with van der Waals surface area (Å²) in [6.45, 7) is 1.70. The fraction of sp³-hybridized carbons (Fsp3) is 0.273. The molecule has 15 heavy (non-hydrogen) atoms. The van der Waals surface area contributed by atoms with Gasteiger partial charge in [-0.15, -0.1) is 0 Å². The second kappa shape index (κ2) is 4.13. The largest absolute Gasteiger partial charge is 0.477 e. The van der Waals surface area contributed by atoms with E-state index in [-0.39, 0.29) is 5.69 Å². The van der Waals surface area contributed by atoms with Crippen LogP contribution in [0.4, 0.5) is 5.82 Å². The third kappa shape index (κ3) is 2.15. The summed E-state index contributed by atoms with van der Waals surface area (Å²) in [6.07, 6.45) is 5.18. The summed E-state index contributed by atoms with van der Waals surface area (Å²) in [5.74, 6) is -0.247. The molecule has 78 valence electrons. The second-order valence-electron chi connectivity index (χ2n) is 3.39. The molecule has 2 rings (SSSR count). The van der Waals surface area contributed by atoms with Crippen LogP contribution in [0.25, 0.3) is 0 Å². The Hall–Kier alpha value is -1.84. The third-order valence-corrected chi connectivity index (χ3v) is 2.34. The molecule has 0 saturated heterocycles. The van der Waals surface area contributed by atoms with Crippen molar-refractivity contribution in [3.05, 3.63) is 36.0 Å². The minimum absolute atomic E-state index is 0.0991. The minimum atomic E-state index is -0.982. The monoisotopic (exact) mass is 204 g/mol. The Bertz CT molecular complexity index is 401. The Morgan fingerprint density at radius 1 is 1.40 bits per heavy atom. The van der Waals surface area contributed by atoms with Crippen molar-refractivity contribution in [2.45, 2.75) is 6.42 Å². The van der Waals surface area contributed by atoms with Gasteiger partial charge in [0.1, 0.15) is 5.82 Å². The molecule has 0 radical (unpaired) electrons. The number of hydrogen-bond donors (Lipinski definition) is 1. The number of carboxylic acid groups (broad SMARTS) is 1. The average molecular weight is 204 g/mol. The first-order chi connectivity index (χ1) is 7.27. The topological polar surface area (TPSA) is 53.4 Å². The first kappa shape index (κ1) is 9.71. The summed E-state index contributed by atoms with van der Waals surface area (Å²) in [5, 5.41) is 8.81. The zero-order chi connectivity index (χ0) is 10.7. The van der Waals surface area contributed by atoms with E-state index in [1.807, 2.05) is 6.07 Å². The van der Waals surface area contributed by atoms with Gasteiger partial charge in [0.2, 0.25) is 0 Å². The van der Waals surface area contributed by atoms with Gasteiger partial charge in [0.05, 0.1) is 0 Å². The molecule has 0 spiro atoms. The van der Waals surface area contributed by atoms with Crippen LogP contribution >= 0.6 is 0 Å². The van der Waals surface area contributed by atoms with E-state index in [1.165, 1.54) is 6.07 Å². The number of aromatic nitrogens is 1. The van der Waals surface area contributed by atoms with Crippen molar-refractivity contribution in [1.29, 1.82) is 0 Å². The lowest BCUT2D eigenvalue weighted by Gasteiger charge is -2.24. The van der Waals surface area contributed by atoms with Crippen LogP contribution in [0, 0.1) is 0 Å². The van der Waals surface area contributed by atoms with Gasteiger partial charge in [-0.3, -0.25) is 0 Å². The Labute approximate surface area is 87.9 Å². The van der Waals surface area contributed by atoms with E-state index in [4.69, 9.17) is 5.11 Å². The molecule has 0 amide bonds. The molecule has 0 fully saturated rings. The zero-order valence-corrected chi connectivity index (χ0v) is 8.26. The van der Waals surface area contributed by atoms with E-state index in [0.29, 0.717) is 0 Å². The lowest BCUT2D eigenvalue weighted by Crippen LogP contribution is -2.27. The molecule has 1 aromatic rings. The van der Waals surface area contributed by atoms with Crippen molar-refractivity contribution < 1.29 is 9.90 Å². The number of rotatable bonds is 2. The van der Waals surface area contributed by atoms with Crippen LogP contribution in [0.5, 0.6) is 0 Å². The lowest BCUT2D eigenvalue weighted by atomic mass is 10.2. The molecular formula is C11H12N2O2. The van der Waals surface area contributed by atoms with Crippen LogP contribution in [-0.4, -0.2) is 29.1 Å². The summed E-state index contributed by atoms with van der Waals surface area (Å²) in [6, 6.07) is 5.07. The van der Waals surface area contributed by atoms with Crippen molar-refractivity contribution in [3.8, 4) is 0 Å². The highest BCUT2D eigenvalue weighted by molar-refractivity contribution is 5.85. The Morgan fingerprint density at radius 3 is 2.93 bits per heavy atom. The number of carbonyl (C=O) groups is 1.